The number of rotatable bonds is 4. The molecule has 4 atom stereocenters. The van der Waals surface area contributed by atoms with Gasteiger partial charge in [-0.15, -0.1) is 0 Å². The minimum atomic E-state index is -0.517. The second-order valence-corrected chi connectivity index (χ2v) is 9.25. The van der Waals surface area contributed by atoms with Gasteiger partial charge in [0.2, 0.25) is 0 Å². The Hall–Kier alpha value is -2.52. The first-order valence-electron chi connectivity index (χ1n) is 11.7. The highest BCUT2D eigenvalue weighted by atomic mass is 16.5. The Kier molecular flexibility index (Phi) is 6.34. The highest BCUT2D eigenvalue weighted by Gasteiger charge is 2.35. The van der Waals surface area contributed by atoms with Crippen molar-refractivity contribution < 1.29 is 24.1 Å². The standard InChI is InChI=1S/C25H31N3O5/c1-15(2)33-19-6-8-22(32-14-19)25(30)28-12-17-4-3-9-26-24(17)27-20-7-5-16(10-21(20)28)23-11-18(29)13-31-23/h3-5,7,9-10,15,18-19,22-23,29H,6,8,11-14H2,1-2H3,(H,26,27)/t18?,19-,22+,23?/m0/s1. The average molecular weight is 454 g/mol. The van der Waals surface area contributed by atoms with Crippen molar-refractivity contribution in [2.75, 3.05) is 23.4 Å². The van der Waals surface area contributed by atoms with E-state index in [0.29, 0.717) is 32.6 Å². The maximum absolute atomic E-state index is 13.7. The summed E-state index contributed by atoms with van der Waals surface area (Å²) in [5.41, 5.74) is 3.45. The number of anilines is 3. The first-order valence-corrected chi connectivity index (χ1v) is 11.7. The Bertz CT molecular complexity index is 1010. The fraction of sp³-hybridized carbons (Fsp3) is 0.520. The van der Waals surface area contributed by atoms with Gasteiger partial charge in [0.25, 0.3) is 5.91 Å². The average Bonchev–Trinajstić information content (AvgIpc) is 3.17. The van der Waals surface area contributed by atoms with Crippen LogP contribution in [0.3, 0.4) is 0 Å². The largest absolute Gasteiger partial charge is 0.391 e. The van der Waals surface area contributed by atoms with Crippen LogP contribution in [0.4, 0.5) is 17.2 Å². The van der Waals surface area contributed by atoms with Gasteiger partial charge in [-0.1, -0.05) is 12.1 Å². The molecule has 1 aromatic heterocycles. The van der Waals surface area contributed by atoms with E-state index in [-0.39, 0.29) is 24.2 Å². The van der Waals surface area contributed by atoms with Crippen LogP contribution in [0, 0.1) is 0 Å². The van der Waals surface area contributed by atoms with Gasteiger partial charge in [-0.3, -0.25) is 4.79 Å². The zero-order chi connectivity index (χ0) is 22.9. The second-order valence-electron chi connectivity index (χ2n) is 9.25. The number of fused-ring (bicyclic) bond motifs is 2. The van der Waals surface area contributed by atoms with Gasteiger partial charge in [0.05, 0.1) is 55.5 Å². The summed E-state index contributed by atoms with van der Waals surface area (Å²) in [5, 5.41) is 13.3. The number of nitrogens with one attached hydrogen (secondary N) is 1. The zero-order valence-electron chi connectivity index (χ0n) is 19.1. The van der Waals surface area contributed by atoms with Gasteiger partial charge in [0.15, 0.2) is 0 Å². The highest BCUT2D eigenvalue weighted by molar-refractivity contribution is 6.01. The van der Waals surface area contributed by atoms with Crippen LogP contribution in [0.2, 0.25) is 0 Å². The summed E-state index contributed by atoms with van der Waals surface area (Å²) in [6.07, 6.45) is 2.68. The van der Waals surface area contributed by atoms with E-state index in [1.54, 1.807) is 11.1 Å². The molecule has 2 saturated heterocycles. The first-order chi connectivity index (χ1) is 16.0. The van der Waals surface area contributed by atoms with Crippen LogP contribution >= 0.6 is 0 Å². The summed E-state index contributed by atoms with van der Waals surface area (Å²) in [5.74, 6) is 0.673. The molecule has 0 saturated carbocycles. The number of aliphatic hydroxyl groups excluding tert-OH is 1. The van der Waals surface area contributed by atoms with Crippen LogP contribution in [-0.4, -0.2) is 53.6 Å². The van der Waals surface area contributed by atoms with E-state index in [4.69, 9.17) is 14.2 Å². The number of benzene rings is 1. The Balaban J connectivity index is 1.44. The Morgan fingerprint density at radius 3 is 2.85 bits per heavy atom. The molecule has 3 aliphatic heterocycles. The van der Waals surface area contributed by atoms with Crippen LogP contribution in [0.5, 0.6) is 0 Å². The smallest absolute Gasteiger partial charge is 0.256 e. The molecule has 1 amide bonds. The number of carbonyl (C=O) groups is 1. The summed E-state index contributed by atoms with van der Waals surface area (Å²) in [4.78, 5) is 20.0. The molecule has 2 unspecified atom stereocenters. The van der Waals surface area contributed by atoms with E-state index in [2.05, 4.69) is 10.3 Å². The number of aliphatic hydroxyl groups is 1. The molecule has 8 heteroatoms. The molecule has 2 fully saturated rings. The molecule has 2 N–H and O–H groups in total. The van der Waals surface area contributed by atoms with E-state index in [9.17, 15) is 9.90 Å². The summed E-state index contributed by atoms with van der Waals surface area (Å²) in [6, 6.07) is 9.78. The van der Waals surface area contributed by atoms with Gasteiger partial charge >= 0.3 is 0 Å². The molecular weight excluding hydrogens is 422 g/mol. The molecule has 2 aromatic rings. The molecule has 0 radical (unpaired) electrons. The van der Waals surface area contributed by atoms with Gasteiger partial charge in [-0.05, 0) is 50.5 Å². The fourth-order valence-corrected chi connectivity index (χ4v) is 4.77. The lowest BCUT2D eigenvalue weighted by molar-refractivity contribution is -0.143. The lowest BCUT2D eigenvalue weighted by atomic mass is 10.0. The summed E-state index contributed by atoms with van der Waals surface area (Å²) in [7, 11) is 0. The molecule has 176 valence electrons. The third-order valence-electron chi connectivity index (χ3n) is 6.37. The van der Waals surface area contributed by atoms with Crippen LogP contribution in [0.1, 0.15) is 50.3 Å². The molecular formula is C25H31N3O5. The van der Waals surface area contributed by atoms with Crippen molar-refractivity contribution in [1.29, 1.82) is 0 Å². The number of hydrogen-bond donors (Lipinski definition) is 2. The molecule has 0 aliphatic carbocycles. The van der Waals surface area contributed by atoms with Gasteiger partial charge < -0.3 is 29.5 Å². The Labute approximate surface area is 193 Å². The lowest BCUT2D eigenvalue weighted by Crippen LogP contribution is -2.44. The quantitative estimate of drug-likeness (QED) is 0.732. The molecule has 8 nitrogen and oxygen atoms in total. The Morgan fingerprint density at radius 2 is 2.12 bits per heavy atom. The number of ether oxygens (including phenoxy) is 3. The van der Waals surface area contributed by atoms with Crippen molar-refractivity contribution in [2.45, 2.75) is 70.2 Å². The summed E-state index contributed by atoms with van der Waals surface area (Å²) >= 11 is 0. The van der Waals surface area contributed by atoms with Crippen LogP contribution in [0.15, 0.2) is 36.5 Å². The molecule has 0 spiro atoms. The van der Waals surface area contributed by atoms with Crippen LogP contribution in [0.25, 0.3) is 0 Å². The van der Waals surface area contributed by atoms with Gasteiger partial charge in [0.1, 0.15) is 11.9 Å². The van der Waals surface area contributed by atoms with Crippen molar-refractivity contribution in [2.24, 2.45) is 0 Å². The summed E-state index contributed by atoms with van der Waals surface area (Å²) < 4.78 is 17.6. The third-order valence-corrected chi connectivity index (χ3v) is 6.37. The van der Waals surface area contributed by atoms with E-state index < -0.39 is 12.2 Å². The van der Waals surface area contributed by atoms with Crippen LogP contribution < -0.4 is 10.2 Å². The van der Waals surface area contributed by atoms with Gasteiger partial charge in [-0.25, -0.2) is 4.98 Å². The topological polar surface area (TPSA) is 93.2 Å². The predicted octanol–water partition coefficient (Wildman–Crippen LogP) is 3.47. The number of hydrogen-bond acceptors (Lipinski definition) is 7. The maximum Gasteiger partial charge on any atom is 0.256 e. The number of nitrogens with zero attached hydrogens (tertiary/aromatic N) is 2. The van der Waals surface area contributed by atoms with E-state index in [1.165, 1.54) is 0 Å². The van der Waals surface area contributed by atoms with E-state index >= 15 is 0 Å². The molecule has 4 heterocycles. The number of aromatic nitrogens is 1. The second kappa shape index (κ2) is 9.38. The molecule has 1 aromatic carbocycles. The Morgan fingerprint density at radius 1 is 1.24 bits per heavy atom. The first kappa shape index (κ1) is 22.3. The van der Waals surface area contributed by atoms with Crippen molar-refractivity contribution in [1.82, 2.24) is 4.98 Å². The SMILES string of the molecule is CC(C)O[C@H]1CC[C@H](C(=O)N2Cc3cccnc3Nc3ccc(C4CC(O)CO4)cc32)OC1. The van der Waals surface area contributed by atoms with Gasteiger partial charge in [0, 0.05) is 18.2 Å². The van der Waals surface area contributed by atoms with E-state index in [1.807, 2.05) is 44.2 Å². The highest BCUT2D eigenvalue weighted by Crippen LogP contribution is 2.39. The third kappa shape index (κ3) is 4.75. The number of pyridine rings is 1. The van der Waals surface area contributed by atoms with Crippen molar-refractivity contribution >= 4 is 23.1 Å². The minimum Gasteiger partial charge on any atom is -0.391 e. The van der Waals surface area contributed by atoms with Crippen molar-refractivity contribution in [3.63, 3.8) is 0 Å². The minimum absolute atomic E-state index is 0.0228. The van der Waals surface area contributed by atoms with Crippen LogP contribution in [-0.2, 0) is 25.5 Å². The normalized spacial score (nSPS) is 27.0. The number of amides is 1. The monoisotopic (exact) mass is 453 g/mol. The van der Waals surface area contributed by atoms with Gasteiger partial charge in [-0.2, -0.15) is 0 Å². The fourth-order valence-electron chi connectivity index (χ4n) is 4.77. The summed E-state index contributed by atoms with van der Waals surface area (Å²) in [6.45, 7) is 5.15. The van der Waals surface area contributed by atoms with E-state index in [0.717, 1.165) is 34.7 Å². The molecule has 33 heavy (non-hydrogen) atoms. The predicted molar refractivity (Wildman–Crippen MR) is 123 cm³/mol. The molecule has 0 bridgehead atoms. The number of carbonyl (C=O) groups excluding carboxylic acids is 1. The maximum atomic E-state index is 13.7. The van der Waals surface area contributed by atoms with Crippen molar-refractivity contribution in [3.8, 4) is 0 Å². The zero-order valence-corrected chi connectivity index (χ0v) is 19.1. The molecule has 3 aliphatic rings. The van der Waals surface area contributed by atoms with Crippen molar-refractivity contribution in [3.05, 3.63) is 47.7 Å². The lowest BCUT2D eigenvalue weighted by Gasteiger charge is -2.33. The molecule has 5 rings (SSSR count).